The highest BCUT2D eigenvalue weighted by atomic mass is 32.2. The summed E-state index contributed by atoms with van der Waals surface area (Å²) in [6, 6.07) is 8.26. The van der Waals surface area contributed by atoms with Gasteiger partial charge in [-0.05, 0) is 25.1 Å². The van der Waals surface area contributed by atoms with E-state index >= 15 is 0 Å². The Balaban J connectivity index is 2.51. The molecule has 2 aromatic rings. The van der Waals surface area contributed by atoms with E-state index in [1.54, 1.807) is 31.2 Å². The third-order valence-corrected chi connectivity index (χ3v) is 4.35. The number of nitrogens with two attached hydrogens (primary N) is 1. The summed E-state index contributed by atoms with van der Waals surface area (Å²) in [4.78, 5) is 0. The van der Waals surface area contributed by atoms with E-state index in [4.69, 9.17) is 5.73 Å². The van der Waals surface area contributed by atoms with Crippen molar-refractivity contribution in [3.8, 4) is 0 Å². The molecule has 1 aromatic carbocycles. The first kappa shape index (κ1) is 12.4. The molecule has 7 heteroatoms. The van der Waals surface area contributed by atoms with E-state index < -0.39 is 10.0 Å². The highest BCUT2D eigenvalue weighted by molar-refractivity contribution is 7.92. The third-order valence-electron chi connectivity index (χ3n) is 2.54. The largest absolute Gasteiger partial charge is 0.397 e. The number of nitrogens with zero attached hydrogens (tertiary/aromatic N) is 2. The molecule has 0 aliphatic heterocycles. The van der Waals surface area contributed by atoms with Gasteiger partial charge in [0.25, 0.3) is 10.0 Å². The molecule has 0 aliphatic rings. The number of aromatic amines is 1. The maximum absolute atomic E-state index is 12.4. The summed E-state index contributed by atoms with van der Waals surface area (Å²) in [7, 11) is -3.65. The van der Waals surface area contributed by atoms with Crippen molar-refractivity contribution < 1.29 is 8.42 Å². The van der Waals surface area contributed by atoms with Crippen molar-refractivity contribution in [2.24, 2.45) is 0 Å². The quantitative estimate of drug-likeness (QED) is 0.813. The maximum atomic E-state index is 12.4. The predicted octanol–water partition coefficient (Wildman–Crippen LogP) is 1.21. The van der Waals surface area contributed by atoms with Crippen LogP contribution in [0, 0.1) is 0 Å². The second-order valence-corrected chi connectivity index (χ2v) is 5.48. The fraction of sp³-hybridized carbons (Fsp3) is 0.182. The van der Waals surface area contributed by atoms with E-state index in [-0.39, 0.29) is 11.6 Å². The number of benzene rings is 1. The molecule has 2 rings (SSSR count). The van der Waals surface area contributed by atoms with Gasteiger partial charge in [0.05, 0.1) is 17.6 Å². The van der Waals surface area contributed by atoms with Gasteiger partial charge < -0.3 is 5.73 Å². The average molecular weight is 266 g/mol. The average Bonchev–Trinajstić information content (AvgIpc) is 2.86. The van der Waals surface area contributed by atoms with Gasteiger partial charge in [-0.3, -0.25) is 9.40 Å². The van der Waals surface area contributed by atoms with Gasteiger partial charge in [-0.15, -0.1) is 0 Å². The normalized spacial score (nSPS) is 11.4. The molecule has 6 nitrogen and oxygen atoms in total. The second-order valence-electron chi connectivity index (χ2n) is 3.65. The Morgan fingerprint density at radius 3 is 2.61 bits per heavy atom. The molecule has 0 spiro atoms. The molecule has 0 saturated heterocycles. The summed E-state index contributed by atoms with van der Waals surface area (Å²) in [5.41, 5.74) is 6.70. The lowest BCUT2D eigenvalue weighted by Crippen LogP contribution is -2.31. The van der Waals surface area contributed by atoms with Crippen molar-refractivity contribution in [3.05, 3.63) is 36.5 Å². The number of rotatable bonds is 4. The summed E-state index contributed by atoms with van der Waals surface area (Å²) in [6.45, 7) is 2.04. The molecule has 18 heavy (non-hydrogen) atoms. The summed E-state index contributed by atoms with van der Waals surface area (Å²) < 4.78 is 26.0. The van der Waals surface area contributed by atoms with Gasteiger partial charge in [0, 0.05) is 6.54 Å². The number of aromatic nitrogens is 2. The van der Waals surface area contributed by atoms with Crippen molar-refractivity contribution in [2.75, 3.05) is 16.6 Å². The monoisotopic (exact) mass is 266 g/mol. The zero-order chi connectivity index (χ0) is 13.2. The highest BCUT2D eigenvalue weighted by Gasteiger charge is 2.25. The van der Waals surface area contributed by atoms with Crippen LogP contribution < -0.4 is 10.0 Å². The van der Waals surface area contributed by atoms with E-state index in [9.17, 15) is 8.42 Å². The zero-order valence-corrected chi connectivity index (χ0v) is 10.7. The van der Waals surface area contributed by atoms with Gasteiger partial charge in [-0.1, -0.05) is 12.1 Å². The Hall–Kier alpha value is -2.02. The summed E-state index contributed by atoms with van der Waals surface area (Å²) in [5.74, 6) is 0. The molecular weight excluding hydrogens is 252 g/mol. The Kier molecular flexibility index (Phi) is 3.24. The minimum atomic E-state index is -3.65. The maximum Gasteiger partial charge on any atom is 0.281 e. The number of nitrogens with one attached hydrogen (secondary N) is 1. The van der Waals surface area contributed by atoms with E-state index in [2.05, 4.69) is 10.2 Å². The Bertz CT molecular complexity index is 622. The molecule has 0 fully saturated rings. The van der Waals surface area contributed by atoms with Gasteiger partial charge in [-0.25, -0.2) is 0 Å². The van der Waals surface area contributed by atoms with Gasteiger partial charge in [0.2, 0.25) is 0 Å². The van der Waals surface area contributed by atoms with Crippen molar-refractivity contribution in [1.29, 1.82) is 0 Å². The molecular formula is C11H14N4O2S. The predicted molar refractivity (Wildman–Crippen MR) is 69.6 cm³/mol. The molecule has 0 bridgehead atoms. The fourth-order valence-corrected chi connectivity index (χ4v) is 3.09. The summed E-state index contributed by atoms with van der Waals surface area (Å²) in [6.07, 6.45) is 1.40. The molecule has 96 valence electrons. The number of nitrogen functional groups attached to an aromatic ring is 1. The van der Waals surface area contributed by atoms with Crippen LogP contribution in [0.25, 0.3) is 0 Å². The lowest BCUT2D eigenvalue weighted by Gasteiger charge is -2.23. The molecule has 0 unspecified atom stereocenters. The number of sulfonamides is 1. The number of anilines is 2. The van der Waals surface area contributed by atoms with E-state index in [1.807, 2.05) is 0 Å². The van der Waals surface area contributed by atoms with Crippen LogP contribution in [0.5, 0.6) is 0 Å². The van der Waals surface area contributed by atoms with Crippen LogP contribution in [0.4, 0.5) is 11.4 Å². The molecule has 1 heterocycles. The van der Waals surface area contributed by atoms with Crippen LogP contribution in [0.15, 0.2) is 41.6 Å². The second kappa shape index (κ2) is 4.69. The molecule has 0 radical (unpaired) electrons. The van der Waals surface area contributed by atoms with Crippen LogP contribution in [0.2, 0.25) is 0 Å². The molecule has 3 N–H and O–H groups in total. The van der Waals surface area contributed by atoms with Crippen LogP contribution in [0.3, 0.4) is 0 Å². The summed E-state index contributed by atoms with van der Waals surface area (Å²) >= 11 is 0. The Labute approximate surface area is 105 Å². The lowest BCUT2D eigenvalue weighted by molar-refractivity contribution is 0.587. The first-order chi connectivity index (χ1) is 8.57. The van der Waals surface area contributed by atoms with Crippen LogP contribution >= 0.6 is 0 Å². The topological polar surface area (TPSA) is 92.1 Å². The lowest BCUT2D eigenvalue weighted by atomic mass is 10.3. The zero-order valence-electron chi connectivity index (χ0n) is 9.87. The summed E-state index contributed by atoms with van der Waals surface area (Å²) in [5, 5.41) is 6.17. The van der Waals surface area contributed by atoms with Crippen molar-refractivity contribution >= 4 is 21.4 Å². The number of para-hydroxylation sites is 2. The van der Waals surface area contributed by atoms with Gasteiger partial charge >= 0.3 is 0 Å². The number of H-pyrrole nitrogens is 1. The van der Waals surface area contributed by atoms with E-state index in [0.29, 0.717) is 11.4 Å². The fourth-order valence-electron chi connectivity index (χ4n) is 1.69. The Morgan fingerprint density at radius 1 is 1.33 bits per heavy atom. The number of hydrogen-bond acceptors (Lipinski definition) is 4. The van der Waals surface area contributed by atoms with Crippen LogP contribution in [0.1, 0.15) is 6.92 Å². The smallest absolute Gasteiger partial charge is 0.281 e. The van der Waals surface area contributed by atoms with Crippen molar-refractivity contribution in [3.63, 3.8) is 0 Å². The molecule has 0 saturated carbocycles. The minimum absolute atomic E-state index is 0.0487. The van der Waals surface area contributed by atoms with Crippen LogP contribution in [-0.4, -0.2) is 25.2 Å². The Morgan fingerprint density at radius 2 is 2.06 bits per heavy atom. The van der Waals surface area contributed by atoms with E-state index in [0.717, 1.165) is 0 Å². The standard InChI is InChI=1S/C11H14N4O2S/c1-2-15(10-6-4-3-5-9(10)12)18(16,17)11-7-8-13-14-11/h3-8H,2,12H2,1H3,(H,13,14). The number of hydrogen-bond donors (Lipinski definition) is 2. The highest BCUT2D eigenvalue weighted by Crippen LogP contribution is 2.27. The van der Waals surface area contributed by atoms with Crippen molar-refractivity contribution in [2.45, 2.75) is 11.9 Å². The van der Waals surface area contributed by atoms with Gasteiger partial charge in [0.1, 0.15) is 0 Å². The molecule has 0 atom stereocenters. The molecule has 0 amide bonds. The molecule has 0 aliphatic carbocycles. The van der Waals surface area contributed by atoms with Gasteiger partial charge in [-0.2, -0.15) is 13.5 Å². The van der Waals surface area contributed by atoms with E-state index in [1.165, 1.54) is 16.6 Å². The molecule has 1 aromatic heterocycles. The third kappa shape index (κ3) is 2.04. The first-order valence-electron chi connectivity index (χ1n) is 5.44. The van der Waals surface area contributed by atoms with Gasteiger partial charge in [0.15, 0.2) is 5.03 Å². The van der Waals surface area contributed by atoms with Crippen molar-refractivity contribution in [1.82, 2.24) is 10.2 Å². The SMILES string of the molecule is CCN(c1ccccc1N)S(=O)(=O)c1ccn[nH]1. The first-order valence-corrected chi connectivity index (χ1v) is 6.88. The minimum Gasteiger partial charge on any atom is -0.397 e. The van der Waals surface area contributed by atoms with Crippen LogP contribution in [-0.2, 0) is 10.0 Å².